The van der Waals surface area contributed by atoms with Crippen LogP contribution in [0.15, 0.2) is 48.5 Å². The Labute approximate surface area is 169 Å². The number of nitrogens with zero attached hydrogens (tertiary/aromatic N) is 2. The Morgan fingerprint density at radius 1 is 1.11 bits per heavy atom. The summed E-state index contributed by atoms with van der Waals surface area (Å²) in [7, 11) is 0. The molecule has 3 rings (SSSR count). The van der Waals surface area contributed by atoms with Crippen molar-refractivity contribution in [2.24, 2.45) is 0 Å². The molecule has 0 aliphatic carbocycles. The predicted molar refractivity (Wildman–Crippen MR) is 115 cm³/mol. The van der Waals surface area contributed by atoms with Crippen molar-refractivity contribution in [3.05, 3.63) is 71.3 Å². The fraction of sp³-hybridized carbons (Fsp3) is 0.238. The molecule has 0 fully saturated rings. The Hall–Kier alpha value is -2.93. The first kappa shape index (κ1) is 19.8. The Morgan fingerprint density at radius 3 is 2.50 bits per heavy atom. The zero-order valence-corrected chi connectivity index (χ0v) is 16.9. The smallest absolute Gasteiger partial charge is 0.175 e. The highest BCUT2D eigenvalue weighted by Crippen LogP contribution is 2.22. The Morgan fingerprint density at radius 2 is 1.82 bits per heavy atom. The molecule has 1 aromatic heterocycles. The summed E-state index contributed by atoms with van der Waals surface area (Å²) in [5.41, 5.74) is 3.95. The molecule has 0 bridgehead atoms. The first-order valence-electron chi connectivity index (χ1n) is 9.06. The summed E-state index contributed by atoms with van der Waals surface area (Å²) < 4.78 is 21.2. The van der Waals surface area contributed by atoms with Crippen LogP contribution in [0.2, 0.25) is 0 Å². The van der Waals surface area contributed by atoms with E-state index in [2.05, 4.69) is 15.7 Å². The van der Waals surface area contributed by atoms with Gasteiger partial charge in [0.1, 0.15) is 11.6 Å². The predicted octanol–water partition coefficient (Wildman–Crippen LogP) is 4.89. The van der Waals surface area contributed by atoms with E-state index in [4.69, 9.17) is 17.0 Å². The fourth-order valence-corrected chi connectivity index (χ4v) is 3.12. The highest BCUT2D eigenvalue weighted by Gasteiger charge is 2.14. The summed E-state index contributed by atoms with van der Waals surface area (Å²) >= 11 is 5.43. The summed E-state index contributed by atoms with van der Waals surface area (Å²) in [6.07, 6.45) is 0. The van der Waals surface area contributed by atoms with E-state index in [0.29, 0.717) is 23.8 Å². The second kappa shape index (κ2) is 8.84. The first-order valence-corrected chi connectivity index (χ1v) is 9.47. The van der Waals surface area contributed by atoms with E-state index in [9.17, 15) is 4.39 Å². The van der Waals surface area contributed by atoms with Crippen molar-refractivity contribution in [1.29, 1.82) is 0 Å². The van der Waals surface area contributed by atoms with Gasteiger partial charge in [-0.1, -0.05) is 18.2 Å². The lowest BCUT2D eigenvalue weighted by molar-refractivity contribution is 0.340. The third-order valence-corrected chi connectivity index (χ3v) is 4.53. The molecule has 0 saturated heterocycles. The summed E-state index contributed by atoms with van der Waals surface area (Å²) in [6, 6.07) is 14.3. The highest BCUT2D eigenvalue weighted by molar-refractivity contribution is 7.80. The van der Waals surface area contributed by atoms with Gasteiger partial charge in [-0.15, -0.1) is 0 Å². The Balaban J connectivity index is 1.69. The molecule has 2 aromatic carbocycles. The van der Waals surface area contributed by atoms with Crippen LogP contribution in [-0.4, -0.2) is 21.5 Å². The number of benzene rings is 2. The number of nitrogens with one attached hydrogen (secondary N) is 2. The summed E-state index contributed by atoms with van der Waals surface area (Å²) in [6.45, 7) is 6.76. The monoisotopic (exact) mass is 398 g/mol. The third-order valence-electron chi connectivity index (χ3n) is 4.32. The van der Waals surface area contributed by atoms with E-state index in [0.717, 1.165) is 28.5 Å². The zero-order chi connectivity index (χ0) is 20.1. The molecule has 146 valence electrons. The van der Waals surface area contributed by atoms with Crippen LogP contribution in [0.5, 0.6) is 5.75 Å². The van der Waals surface area contributed by atoms with Crippen LogP contribution < -0.4 is 15.4 Å². The van der Waals surface area contributed by atoms with Gasteiger partial charge < -0.3 is 15.4 Å². The van der Waals surface area contributed by atoms with Gasteiger partial charge in [-0.05, 0) is 63.3 Å². The van der Waals surface area contributed by atoms with Gasteiger partial charge in [0, 0.05) is 11.3 Å². The van der Waals surface area contributed by atoms with E-state index in [1.807, 2.05) is 51.1 Å². The number of rotatable bonds is 6. The summed E-state index contributed by atoms with van der Waals surface area (Å²) in [4.78, 5) is 0. The van der Waals surface area contributed by atoms with Gasteiger partial charge in [0.15, 0.2) is 5.11 Å². The van der Waals surface area contributed by atoms with E-state index >= 15 is 0 Å². The fourth-order valence-electron chi connectivity index (χ4n) is 2.90. The van der Waals surface area contributed by atoms with Crippen LogP contribution in [0.3, 0.4) is 0 Å². The minimum Gasteiger partial charge on any atom is -0.494 e. The van der Waals surface area contributed by atoms with Crippen molar-refractivity contribution in [3.63, 3.8) is 0 Å². The lowest BCUT2D eigenvalue weighted by Crippen LogP contribution is -2.20. The first-order chi connectivity index (χ1) is 13.5. The molecule has 0 spiro atoms. The van der Waals surface area contributed by atoms with Gasteiger partial charge >= 0.3 is 0 Å². The second-order valence-electron chi connectivity index (χ2n) is 6.33. The number of halogens is 1. The maximum atomic E-state index is 13.9. The number of hydrogen-bond donors (Lipinski definition) is 2. The maximum Gasteiger partial charge on any atom is 0.175 e. The number of aryl methyl sites for hydroxylation is 1. The Kier molecular flexibility index (Phi) is 6.26. The number of hydrogen-bond acceptors (Lipinski definition) is 3. The molecular formula is C21H23FN4OS. The molecule has 0 unspecified atom stereocenters. The lowest BCUT2D eigenvalue weighted by atomic mass is 10.2. The zero-order valence-electron chi connectivity index (χ0n) is 16.1. The minimum atomic E-state index is -0.239. The molecule has 0 saturated carbocycles. The lowest BCUT2D eigenvalue weighted by Gasteiger charge is -2.12. The molecule has 28 heavy (non-hydrogen) atoms. The van der Waals surface area contributed by atoms with E-state index in [-0.39, 0.29) is 5.82 Å². The number of ether oxygens (including phenoxy) is 1. The van der Waals surface area contributed by atoms with Crippen molar-refractivity contribution in [2.75, 3.05) is 17.2 Å². The Bertz CT molecular complexity index is 969. The van der Waals surface area contributed by atoms with E-state index < -0.39 is 0 Å². The second-order valence-corrected chi connectivity index (χ2v) is 6.74. The van der Waals surface area contributed by atoms with Crippen molar-refractivity contribution in [2.45, 2.75) is 27.3 Å². The SMILES string of the molecule is CCOc1ccc(NC(=S)Nc2c(C)nn(Cc3ccccc3F)c2C)cc1. The minimum absolute atomic E-state index is 0.239. The molecular weight excluding hydrogens is 375 g/mol. The van der Waals surface area contributed by atoms with Crippen molar-refractivity contribution in [3.8, 4) is 5.75 Å². The number of aromatic nitrogens is 2. The van der Waals surface area contributed by atoms with Crippen molar-refractivity contribution < 1.29 is 9.13 Å². The molecule has 0 atom stereocenters. The van der Waals surface area contributed by atoms with Crippen LogP contribution in [-0.2, 0) is 6.54 Å². The normalized spacial score (nSPS) is 10.6. The molecule has 7 heteroatoms. The van der Waals surface area contributed by atoms with Gasteiger partial charge in [-0.2, -0.15) is 5.10 Å². The standard InChI is InChI=1S/C21H23FN4OS/c1-4-27-18-11-9-17(10-12-18)23-21(28)24-20-14(2)25-26(15(20)3)13-16-7-5-6-8-19(16)22/h5-12H,4,13H2,1-3H3,(H2,23,24,28). The molecule has 0 radical (unpaired) electrons. The molecule has 2 N–H and O–H groups in total. The van der Waals surface area contributed by atoms with Crippen molar-refractivity contribution in [1.82, 2.24) is 9.78 Å². The highest BCUT2D eigenvalue weighted by atomic mass is 32.1. The largest absolute Gasteiger partial charge is 0.494 e. The molecule has 1 heterocycles. The molecule has 3 aromatic rings. The maximum absolute atomic E-state index is 13.9. The molecule has 0 aliphatic rings. The van der Waals surface area contributed by atoms with E-state index in [1.165, 1.54) is 6.07 Å². The molecule has 0 amide bonds. The number of thiocarbonyl (C=S) groups is 1. The molecule has 0 aliphatic heterocycles. The number of anilines is 2. The van der Waals surface area contributed by atoms with Gasteiger partial charge in [-0.25, -0.2) is 4.39 Å². The van der Waals surface area contributed by atoms with E-state index in [1.54, 1.807) is 16.8 Å². The van der Waals surface area contributed by atoms with Crippen LogP contribution >= 0.6 is 12.2 Å². The third kappa shape index (κ3) is 4.67. The average molecular weight is 399 g/mol. The van der Waals surface area contributed by atoms with Gasteiger partial charge in [-0.3, -0.25) is 4.68 Å². The summed E-state index contributed by atoms with van der Waals surface area (Å²) in [5.74, 6) is 0.574. The van der Waals surface area contributed by atoms with Crippen LogP contribution in [0.25, 0.3) is 0 Å². The van der Waals surface area contributed by atoms with Gasteiger partial charge in [0.05, 0.1) is 30.2 Å². The van der Waals surface area contributed by atoms with Gasteiger partial charge in [0.2, 0.25) is 0 Å². The quantitative estimate of drug-likeness (QED) is 0.579. The van der Waals surface area contributed by atoms with Crippen LogP contribution in [0.4, 0.5) is 15.8 Å². The topological polar surface area (TPSA) is 51.1 Å². The average Bonchev–Trinajstić information content (AvgIpc) is 2.93. The van der Waals surface area contributed by atoms with Gasteiger partial charge in [0.25, 0.3) is 0 Å². The van der Waals surface area contributed by atoms with Crippen LogP contribution in [0.1, 0.15) is 23.9 Å². The summed E-state index contributed by atoms with van der Waals surface area (Å²) in [5, 5.41) is 11.3. The molecule has 5 nitrogen and oxygen atoms in total. The van der Waals surface area contributed by atoms with Crippen LogP contribution in [0, 0.1) is 19.7 Å². The van der Waals surface area contributed by atoms with Crippen molar-refractivity contribution >= 4 is 28.7 Å².